The van der Waals surface area contributed by atoms with Crippen molar-refractivity contribution in [2.75, 3.05) is 23.7 Å². The van der Waals surface area contributed by atoms with E-state index >= 15 is 0 Å². The van der Waals surface area contributed by atoms with Crippen molar-refractivity contribution in [2.45, 2.75) is 45.6 Å². The van der Waals surface area contributed by atoms with Crippen molar-refractivity contribution in [3.05, 3.63) is 84.1 Å². The van der Waals surface area contributed by atoms with E-state index in [2.05, 4.69) is 20.1 Å². The summed E-state index contributed by atoms with van der Waals surface area (Å²) in [5.74, 6) is 0.452. The molecular weight excluding hydrogens is 554 g/mol. The number of anilines is 2. The Labute approximate surface area is 245 Å². The van der Waals surface area contributed by atoms with E-state index in [1.807, 2.05) is 75.4 Å². The van der Waals surface area contributed by atoms with Crippen LogP contribution in [0.2, 0.25) is 0 Å². The Morgan fingerprint density at radius 3 is 2.38 bits per heavy atom. The second-order valence-electron chi connectivity index (χ2n) is 11.3. The molecule has 11 nitrogen and oxygen atoms in total. The predicted molar refractivity (Wildman–Crippen MR) is 164 cm³/mol. The van der Waals surface area contributed by atoms with Crippen LogP contribution in [0.1, 0.15) is 44.9 Å². The van der Waals surface area contributed by atoms with Crippen molar-refractivity contribution >= 4 is 44.5 Å². The molecule has 5 rings (SSSR count). The lowest BCUT2D eigenvalue weighted by Gasteiger charge is -2.16. The first-order valence-electron chi connectivity index (χ1n) is 13.8. The molecule has 2 heterocycles. The maximum absolute atomic E-state index is 13.2. The smallest absolute Gasteiger partial charge is 0.324 e. The number of carbonyl (C=O) groups excluding carboxylic acids is 2. The molecule has 0 radical (unpaired) electrons. The number of hydrogen-bond donors (Lipinski definition) is 4. The zero-order chi connectivity index (χ0) is 29.9. The van der Waals surface area contributed by atoms with Crippen LogP contribution in [0.4, 0.5) is 21.1 Å². The summed E-state index contributed by atoms with van der Waals surface area (Å²) >= 11 is 0. The number of aromatic nitrogens is 2. The molecule has 1 aromatic heterocycles. The lowest BCUT2D eigenvalue weighted by molar-refractivity contribution is 0.214. The van der Waals surface area contributed by atoms with Gasteiger partial charge in [-0.15, -0.1) is 0 Å². The SMILES string of the molecule is CC(C)(C)c1cc(NC(=O)Nc2cccc3ccccc23)n(-c2cccc(CNS(=O)(=O)NC(=O)N3CCCC3)c2)n1. The minimum absolute atomic E-state index is 0.0474. The molecule has 4 aromatic rings. The average Bonchev–Trinajstić information content (AvgIpc) is 3.63. The highest BCUT2D eigenvalue weighted by atomic mass is 32.2. The molecule has 42 heavy (non-hydrogen) atoms. The van der Waals surface area contributed by atoms with Gasteiger partial charge >= 0.3 is 22.3 Å². The third-order valence-corrected chi connectivity index (χ3v) is 7.96. The lowest BCUT2D eigenvalue weighted by Crippen LogP contribution is -2.46. The summed E-state index contributed by atoms with van der Waals surface area (Å²) in [7, 11) is -4.06. The quantitative estimate of drug-likeness (QED) is 0.238. The number of amides is 4. The number of likely N-dealkylation sites (tertiary alicyclic amines) is 1. The predicted octanol–water partition coefficient (Wildman–Crippen LogP) is 5.11. The molecule has 220 valence electrons. The molecule has 0 spiro atoms. The van der Waals surface area contributed by atoms with Gasteiger partial charge in [-0.25, -0.2) is 19.0 Å². The molecule has 0 bridgehead atoms. The van der Waals surface area contributed by atoms with E-state index in [0.29, 0.717) is 35.8 Å². The normalized spacial score (nSPS) is 13.7. The second kappa shape index (κ2) is 11.8. The van der Waals surface area contributed by atoms with E-state index in [0.717, 1.165) is 29.3 Å². The van der Waals surface area contributed by atoms with E-state index in [1.54, 1.807) is 22.9 Å². The van der Waals surface area contributed by atoms with Gasteiger partial charge in [-0.05, 0) is 42.0 Å². The summed E-state index contributed by atoms with van der Waals surface area (Å²) in [5.41, 5.74) is 2.42. The minimum atomic E-state index is -4.06. The Hall–Kier alpha value is -4.42. The van der Waals surface area contributed by atoms with Crippen LogP contribution in [0, 0.1) is 0 Å². The van der Waals surface area contributed by atoms with Gasteiger partial charge in [-0.1, -0.05) is 69.3 Å². The largest absolute Gasteiger partial charge is 0.332 e. The summed E-state index contributed by atoms with van der Waals surface area (Å²) in [6.45, 7) is 7.12. The monoisotopic (exact) mass is 589 g/mol. The fraction of sp³-hybridized carbons (Fsp3) is 0.300. The van der Waals surface area contributed by atoms with Crippen molar-refractivity contribution in [1.82, 2.24) is 24.1 Å². The van der Waals surface area contributed by atoms with Crippen LogP contribution in [0.15, 0.2) is 72.8 Å². The van der Waals surface area contributed by atoms with Crippen LogP contribution in [0.5, 0.6) is 0 Å². The molecule has 0 unspecified atom stereocenters. The maximum atomic E-state index is 13.2. The van der Waals surface area contributed by atoms with Crippen molar-refractivity contribution in [2.24, 2.45) is 0 Å². The van der Waals surface area contributed by atoms with Crippen molar-refractivity contribution in [3.8, 4) is 5.69 Å². The van der Waals surface area contributed by atoms with Crippen LogP contribution < -0.4 is 20.1 Å². The Morgan fingerprint density at radius 2 is 1.62 bits per heavy atom. The summed E-state index contributed by atoms with van der Waals surface area (Å²) < 4.78 is 31.1. The molecule has 12 heteroatoms. The zero-order valence-corrected chi connectivity index (χ0v) is 24.7. The van der Waals surface area contributed by atoms with Crippen molar-refractivity contribution < 1.29 is 18.0 Å². The van der Waals surface area contributed by atoms with E-state index in [-0.39, 0.29) is 12.0 Å². The topological polar surface area (TPSA) is 137 Å². The first-order chi connectivity index (χ1) is 20.0. The summed E-state index contributed by atoms with van der Waals surface area (Å²) in [4.78, 5) is 26.9. The zero-order valence-electron chi connectivity index (χ0n) is 23.8. The summed E-state index contributed by atoms with van der Waals surface area (Å²) in [6.07, 6.45) is 1.72. The van der Waals surface area contributed by atoms with Crippen LogP contribution in [-0.4, -0.2) is 48.2 Å². The van der Waals surface area contributed by atoms with E-state index < -0.39 is 22.3 Å². The third kappa shape index (κ3) is 6.89. The Balaban J connectivity index is 1.34. The minimum Gasteiger partial charge on any atom is -0.324 e. The Kier molecular flexibility index (Phi) is 8.19. The van der Waals surface area contributed by atoms with Gasteiger partial charge in [0.05, 0.1) is 17.1 Å². The number of hydrogen-bond acceptors (Lipinski definition) is 5. The molecule has 1 fully saturated rings. The number of carbonyl (C=O) groups is 2. The number of rotatable bonds is 7. The number of fused-ring (bicyclic) bond motifs is 1. The van der Waals surface area contributed by atoms with Crippen molar-refractivity contribution in [3.63, 3.8) is 0 Å². The number of nitrogens with zero attached hydrogens (tertiary/aromatic N) is 3. The maximum Gasteiger partial charge on any atom is 0.332 e. The van der Waals surface area contributed by atoms with Gasteiger partial charge in [0.25, 0.3) is 0 Å². The van der Waals surface area contributed by atoms with Gasteiger partial charge in [0.15, 0.2) is 0 Å². The summed E-state index contributed by atoms with van der Waals surface area (Å²) in [6, 6.07) is 21.4. The summed E-state index contributed by atoms with van der Waals surface area (Å²) in [5, 5.41) is 12.6. The number of urea groups is 2. The molecule has 1 saturated heterocycles. The fourth-order valence-electron chi connectivity index (χ4n) is 4.75. The molecule has 0 aliphatic carbocycles. The molecule has 1 aliphatic rings. The van der Waals surface area contributed by atoms with Gasteiger partial charge in [0, 0.05) is 36.5 Å². The first-order valence-corrected chi connectivity index (χ1v) is 15.3. The number of benzene rings is 3. The van der Waals surface area contributed by atoms with Gasteiger partial charge in [-0.2, -0.15) is 18.2 Å². The van der Waals surface area contributed by atoms with Gasteiger partial charge in [-0.3, -0.25) is 5.32 Å². The van der Waals surface area contributed by atoms with Crippen LogP contribution in [0.25, 0.3) is 16.5 Å². The highest BCUT2D eigenvalue weighted by molar-refractivity contribution is 7.88. The third-order valence-electron chi connectivity index (χ3n) is 6.99. The number of nitrogens with one attached hydrogen (secondary N) is 4. The van der Waals surface area contributed by atoms with Gasteiger partial charge in [0.1, 0.15) is 5.82 Å². The molecule has 0 saturated carbocycles. The van der Waals surface area contributed by atoms with E-state index in [1.165, 1.54) is 4.90 Å². The van der Waals surface area contributed by atoms with E-state index in [9.17, 15) is 18.0 Å². The van der Waals surface area contributed by atoms with Crippen molar-refractivity contribution in [1.29, 1.82) is 0 Å². The van der Waals surface area contributed by atoms with Crippen LogP contribution in [0.3, 0.4) is 0 Å². The van der Waals surface area contributed by atoms with Crippen LogP contribution >= 0.6 is 0 Å². The Bertz CT molecular complexity index is 1720. The highest BCUT2D eigenvalue weighted by Gasteiger charge is 2.24. The van der Waals surface area contributed by atoms with Gasteiger partial charge in [0.2, 0.25) is 0 Å². The molecule has 0 atom stereocenters. The molecular formula is C30H35N7O4S. The first kappa shape index (κ1) is 29.1. The molecule has 1 aliphatic heterocycles. The average molecular weight is 590 g/mol. The van der Waals surface area contributed by atoms with E-state index in [4.69, 9.17) is 5.10 Å². The van der Waals surface area contributed by atoms with Crippen LogP contribution in [-0.2, 0) is 22.2 Å². The highest BCUT2D eigenvalue weighted by Crippen LogP contribution is 2.28. The fourth-order valence-corrected chi connectivity index (χ4v) is 5.54. The second-order valence-corrected chi connectivity index (χ2v) is 12.8. The standard InChI is InChI=1S/C30H35N7O4S/c1-30(2,3)26-19-27(33-28(38)32-25-15-9-12-22-11-4-5-14-24(22)25)37(34-26)23-13-8-10-21(18-23)20-31-42(40,41)35-29(39)36-16-6-7-17-36/h4-5,8-15,18-19,31H,6-7,16-17,20H2,1-3H3,(H,35,39)(H2,32,33,38). The molecule has 3 aromatic carbocycles. The lowest BCUT2D eigenvalue weighted by atomic mass is 9.92. The molecule has 4 amide bonds. The Morgan fingerprint density at radius 1 is 0.905 bits per heavy atom. The molecule has 4 N–H and O–H groups in total. The van der Waals surface area contributed by atoms with Gasteiger partial charge < -0.3 is 10.2 Å².